The molecule has 1 aliphatic rings. The lowest BCUT2D eigenvalue weighted by atomic mass is 10.2. The van der Waals surface area contributed by atoms with Crippen LogP contribution >= 0.6 is 0 Å². The minimum Gasteiger partial charge on any atom is -0.391 e. The molecule has 0 spiro atoms. The molecule has 1 atom stereocenters. The van der Waals surface area contributed by atoms with Gasteiger partial charge in [-0.15, -0.1) is 0 Å². The van der Waals surface area contributed by atoms with Gasteiger partial charge in [0.25, 0.3) is 5.91 Å². The van der Waals surface area contributed by atoms with E-state index >= 15 is 0 Å². The number of β-amino-alcohol motifs (C(OH)–C–C–N with tert-alkyl or cyclic N) is 1. The Morgan fingerprint density at radius 1 is 1.31 bits per heavy atom. The molecule has 1 amide bonds. The molecular formula is C19H22FN3O3. The number of carbonyl (C=O) groups excluding carboxylic acids is 2. The SMILES string of the molecule is CC(=O)c1cc(C(=O)N2CCC(O)C2)c(Nc2ccc(C)cc2F)n1C. The van der Waals surface area contributed by atoms with Crippen LogP contribution in [0.25, 0.3) is 0 Å². The Balaban J connectivity index is 2.02. The van der Waals surface area contributed by atoms with Crippen molar-refractivity contribution in [2.24, 2.45) is 7.05 Å². The molecule has 1 unspecified atom stereocenters. The van der Waals surface area contributed by atoms with Crippen molar-refractivity contribution in [2.45, 2.75) is 26.4 Å². The average molecular weight is 359 g/mol. The number of carbonyl (C=O) groups is 2. The second kappa shape index (κ2) is 6.92. The van der Waals surface area contributed by atoms with Crippen molar-refractivity contribution >= 4 is 23.2 Å². The summed E-state index contributed by atoms with van der Waals surface area (Å²) in [5, 5.41) is 12.6. The fourth-order valence-electron chi connectivity index (χ4n) is 3.20. The first-order valence-corrected chi connectivity index (χ1v) is 8.49. The van der Waals surface area contributed by atoms with Crippen LogP contribution in [-0.4, -0.2) is 45.5 Å². The highest BCUT2D eigenvalue weighted by molar-refractivity contribution is 6.04. The van der Waals surface area contributed by atoms with Crippen molar-refractivity contribution in [2.75, 3.05) is 18.4 Å². The van der Waals surface area contributed by atoms with Crippen LogP contribution in [0.4, 0.5) is 15.9 Å². The summed E-state index contributed by atoms with van der Waals surface area (Å²) < 4.78 is 15.8. The first-order chi connectivity index (χ1) is 12.3. The summed E-state index contributed by atoms with van der Waals surface area (Å²) in [5.74, 6) is -0.574. The van der Waals surface area contributed by atoms with Gasteiger partial charge in [0.05, 0.1) is 23.0 Å². The van der Waals surface area contributed by atoms with E-state index in [0.29, 0.717) is 24.5 Å². The van der Waals surface area contributed by atoms with Crippen molar-refractivity contribution in [3.63, 3.8) is 0 Å². The minimum atomic E-state index is -0.541. The number of aromatic nitrogens is 1. The lowest BCUT2D eigenvalue weighted by Gasteiger charge is -2.17. The van der Waals surface area contributed by atoms with Crippen LogP contribution in [-0.2, 0) is 7.05 Å². The van der Waals surface area contributed by atoms with Gasteiger partial charge in [-0.1, -0.05) is 6.07 Å². The minimum absolute atomic E-state index is 0.194. The van der Waals surface area contributed by atoms with E-state index in [0.717, 1.165) is 5.56 Å². The number of rotatable bonds is 4. The lowest BCUT2D eigenvalue weighted by molar-refractivity contribution is 0.0766. The number of ketones is 1. The van der Waals surface area contributed by atoms with Gasteiger partial charge in [-0.25, -0.2) is 4.39 Å². The third-order valence-electron chi connectivity index (χ3n) is 4.65. The normalized spacial score (nSPS) is 16.8. The summed E-state index contributed by atoms with van der Waals surface area (Å²) in [5.41, 5.74) is 1.64. The van der Waals surface area contributed by atoms with Crippen molar-refractivity contribution < 1.29 is 19.1 Å². The maximum Gasteiger partial charge on any atom is 0.257 e. The van der Waals surface area contributed by atoms with Gasteiger partial charge in [0.2, 0.25) is 0 Å². The van der Waals surface area contributed by atoms with Crippen molar-refractivity contribution in [3.8, 4) is 0 Å². The van der Waals surface area contributed by atoms with Crippen LogP contribution in [0.1, 0.15) is 39.8 Å². The topological polar surface area (TPSA) is 74.6 Å². The zero-order chi connectivity index (χ0) is 19.0. The maximum absolute atomic E-state index is 14.3. The highest BCUT2D eigenvalue weighted by atomic mass is 19.1. The highest BCUT2D eigenvalue weighted by Gasteiger charge is 2.29. The Morgan fingerprint density at radius 3 is 2.62 bits per heavy atom. The van der Waals surface area contributed by atoms with Crippen molar-refractivity contribution in [1.29, 1.82) is 0 Å². The molecule has 1 saturated heterocycles. The van der Waals surface area contributed by atoms with Crippen LogP contribution in [0.2, 0.25) is 0 Å². The Kier molecular flexibility index (Phi) is 4.82. The second-order valence-corrected chi connectivity index (χ2v) is 6.71. The number of benzene rings is 1. The predicted octanol–water partition coefficient (Wildman–Crippen LogP) is 2.63. The molecule has 3 rings (SSSR count). The number of likely N-dealkylation sites (tertiary alicyclic amines) is 1. The van der Waals surface area contributed by atoms with Gasteiger partial charge in [0.1, 0.15) is 11.6 Å². The molecule has 1 aromatic carbocycles. The highest BCUT2D eigenvalue weighted by Crippen LogP contribution is 2.29. The standard InChI is InChI=1S/C19H22FN3O3/c1-11-4-5-16(15(20)8-11)21-18-14(9-17(12(2)24)22(18)3)19(26)23-7-6-13(25)10-23/h4-5,8-9,13,21,25H,6-7,10H2,1-3H3. The molecule has 0 bridgehead atoms. The summed E-state index contributed by atoms with van der Waals surface area (Å²) in [6.07, 6.45) is -0.0195. The van der Waals surface area contributed by atoms with E-state index in [9.17, 15) is 19.1 Å². The Hall–Kier alpha value is -2.67. The monoisotopic (exact) mass is 359 g/mol. The number of halogens is 1. The third kappa shape index (κ3) is 3.35. The molecule has 0 radical (unpaired) electrons. The Morgan fingerprint density at radius 2 is 2.04 bits per heavy atom. The van der Waals surface area contributed by atoms with Crippen LogP contribution < -0.4 is 5.32 Å². The fraction of sp³-hybridized carbons (Fsp3) is 0.368. The molecule has 1 aliphatic heterocycles. The maximum atomic E-state index is 14.3. The summed E-state index contributed by atoms with van der Waals surface area (Å²) >= 11 is 0. The van der Waals surface area contributed by atoms with Gasteiger partial charge in [-0.2, -0.15) is 0 Å². The summed E-state index contributed by atoms with van der Waals surface area (Å²) in [4.78, 5) is 26.3. The van der Waals surface area contributed by atoms with E-state index in [1.54, 1.807) is 35.6 Å². The van der Waals surface area contributed by atoms with Gasteiger partial charge >= 0.3 is 0 Å². The van der Waals surface area contributed by atoms with Crippen LogP contribution in [0.15, 0.2) is 24.3 Å². The number of hydrogen-bond acceptors (Lipinski definition) is 4. The molecule has 2 heterocycles. The lowest BCUT2D eigenvalue weighted by Crippen LogP contribution is -2.29. The molecule has 1 fully saturated rings. The molecule has 0 saturated carbocycles. The quantitative estimate of drug-likeness (QED) is 0.823. The van der Waals surface area contributed by atoms with E-state index in [1.807, 2.05) is 0 Å². The summed E-state index contributed by atoms with van der Waals surface area (Å²) in [7, 11) is 1.65. The smallest absolute Gasteiger partial charge is 0.257 e. The number of anilines is 2. The first-order valence-electron chi connectivity index (χ1n) is 8.49. The summed E-state index contributed by atoms with van der Waals surface area (Å²) in [6, 6.07) is 6.27. The number of aliphatic hydroxyl groups excluding tert-OH is 1. The Labute approximate surface area is 151 Å². The number of nitrogens with zero attached hydrogens (tertiary/aromatic N) is 2. The van der Waals surface area contributed by atoms with Gasteiger partial charge in [-0.05, 0) is 37.1 Å². The molecule has 7 heteroatoms. The van der Waals surface area contributed by atoms with E-state index in [-0.39, 0.29) is 29.5 Å². The van der Waals surface area contributed by atoms with E-state index in [1.165, 1.54) is 19.1 Å². The van der Waals surface area contributed by atoms with Crippen molar-refractivity contribution in [1.82, 2.24) is 9.47 Å². The third-order valence-corrected chi connectivity index (χ3v) is 4.65. The molecule has 2 N–H and O–H groups in total. The largest absolute Gasteiger partial charge is 0.391 e. The Bertz CT molecular complexity index is 875. The van der Waals surface area contributed by atoms with Gasteiger partial charge in [0.15, 0.2) is 5.78 Å². The molecule has 6 nitrogen and oxygen atoms in total. The molecule has 138 valence electrons. The van der Waals surface area contributed by atoms with E-state index in [2.05, 4.69) is 5.32 Å². The van der Waals surface area contributed by atoms with Crippen LogP contribution in [0.5, 0.6) is 0 Å². The number of aliphatic hydroxyl groups is 1. The number of amides is 1. The van der Waals surface area contributed by atoms with Crippen LogP contribution in [0, 0.1) is 12.7 Å². The molecule has 2 aromatic rings. The molecular weight excluding hydrogens is 337 g/mol. The zero-order valence-electron chi connectivity index (χ0n) is 15.0. The van der Waals surface area contributed by atoms with Gasteiger partial charge in [-0.3, -0.25) is 9.59 Å². The number of aryl methyl sites for hydroxylation is 1. The number of Topliss-reactive ketones (excluding diaryl/α,β-unsaturated/α-hetero) is 1. The zero-order valence-corrected chi connectivity index (χ0v) is 15.0. The van der Waals surface area contributed by atoms with Crippen LogP contribution in [0.3, 0.4) is 0 Å². The molecule has 0 aliphatic carbocycles. The van der Waals surface area contributed by atoms with E-state index < -0.39 is 11.9 Å². The summed E-state index contributed by atoms with van der Waals surface area (Å²) in [6.45, 7) is 3.90. The van der Waals surface area contributed by atoms with Gasteiger partial charge < -0.3 is 19.9 Å². The molecule has 1 aromatic heterocycles. The predicted molar refractivity (Wildman–Crippen MR) is 96.4 cm³/mol. The second-order valence-electron chi connectivity index (χ2n) is 6.71. The molecule has 26 heavy (non-hydrogen) atoms. The average Bonchev–Trinajstić information content (AvgIpc) is 3.14. The number of hydrogen-bond donors (Lipinski definition) is 2. The first kappa shape index (κ1) is 18.1. The van der Waals surface area contributed by atoms with Gasteiger partial charge in [0, 0.05) is 27.1 Å². The van der Waals surface area contributed by atoms with Crippen molar-refractivity contribution in [3.05, 3.63) is 46.9 Å². The fourth-order valence-corrected chi connectivity index (χ4v) is 3.20. The van der Waals surface area contributed by atoms with E-state index in [4.69, 9.17) is 0 Å². The number of nitrogens with one attached hydrogen (secondary N) is 1.